The maximum absolute atomic E-state index is 17.8. The first-order valence-electron chi connectivity index (χ1n) is 30.3. The van der Waals surface area contributed by atoms with Crippen LogP contribution in [0, 0.1) is 22.1 Å². The molecule has 6 aliphatic heterocycles. The average Bonchev–Trinajstić information content (AvgIpc) is 3.97. The van der Waals surface area contributed by atoms with Crippen molar-refractivity contribution in [2.75, 3.05) is 95.8 Å². The van der Waals surface area contributed by atoms with Crippen LogP contribution in [0.3, 0.4) is 0 Å². The van der Waals surface area contributed by atoms with Crippen LogP contribution in [0.15, 0.2) is 54.7 Å². The van der Waals surface area contributed by atoms with Crippen molar-refractivity contribution in [1.82, 2.24) is 39.9 Å². The number of fused-ring (bicyclic) bond motifs is 5. The van der Waals surface area contributed by atoms with E-state index >= 15 is 4.39 Å². The molecule has 440 valence electrons. The van der Waals surface area contributed by atoms with Gasteiger partial charge in [0.15, 0.2) is 12.6 Å². The van der Waals surface area contributed by atoms with Crippen molar-refractivity contribution in [2.24, 2.45) is 16.2 Å². The van der Waals surface area contributed by atoms with Gasteiger partial charge in [-0.1, -0.05) is 32.0 Å². The molecule has 2 aliphatic carbocycles. The van der Waals surface area contributed by atoms with E-state index in [1.807, 2.05) is 62.1 Å². The lowest BCUT2D eigenvalue weighted by atomic mass is 9.50. The van der Waals surface area contributed by atoms with E-state index in [0.29, 0.717) is 66.2 Å². The van der Waals surface area contributed by atoms with Gasteiger partial charge in [0.25, 0.3) is 5.91 Å². The topological polar surface area (TPSA) is 175 Å². The molecule has 5 saturated heterocycles. The molecule has 7 fully saturated rings. The molecule has 19 heteroatoms. The van der Waals surface area contributed by atoms with Crippen molar-refractivity contribution in [1.29, 1.82) is 0 Å². The standard InChI is InChI=1S/C64H79FN10O8/c1-7-40-9-8-10-41-28-46(82-39-80-6)29-48(52(40)41)54-53(65)55-49(30-66-54)56(73-32-44-11-12-45(33-73)75(44)60(79)83-61(2,3)4)69-59(68-55)81-38-64(17-18-64)37-70-21-19-63(20-22-70)34-62(5,35-63)36-71-23-25-72(26-24-71)43-13-14-47-42(27-43)31-74(58(47)78)50-15-16-51(76)67-57(50)77/h8-10,13-14,27-30,44-45,50H,7,11-12,15-26,31-39H2,1-6H3,(H,67,76,77)/t44-,45?,50?/m0/s1. The molecule has 2 bridgehead atoms. The minimum Gasteiger partial charge on any atom is -0.468 e. The lowest BCUT2D eigenvalue weighted by Gasteiger charge is -2.59. The smallest absolute Gasteiger partial charge is 0.410 e. The Morgan fingerprint density at radius 3 is 2.29 bits per heavy atom. The fraction of sp³-hybridized carbons (Fsp3) is 0.578. The minimum absolute atomic E-state index is 0.0369. The molecular formula is C64H79FN10O8. The van der Waals surface area contributed by atoms with Gasteiger partial charge in [-0.2, -0.15) is 9.97 Å². The summed E-state index contributed by atoms with van der Waals surface area (Å²) in [6.45, 7) is 20.1. The van der Waals surface area contributed by atoms with E-state index in [9.17, 15) is 19.2 Å². The van der Waals surface area contributed by atoms with Gasteiger partial charge in [-0.3, -0.25) is 34.5 Å². The number of carbonyl (C=O) groups excluding carboxylic acids is 4. The fourth-order valence-corrected chi connectivity index (χ4v) is 15.5. The Morgan fingerprint density at radius 1 is 0.843 bits per heavy atom. The number of nitrogens with one attached hydrogen (secondary N) is 1. The number of benzene rings is 3. The summed E-state index contributed by atoms with van der Waals surface area (Å²) in [5.41, 5.74) is 4.70. The normalized spacial score (nSPS) is 23.9. The van der Waals surface area contributed by atoms with Gasteiger partial charge in [-0.15, -0.1) is 0 Å². The second-order valence-electron chi connectivity index (χ2n) is 26.8. The molecule has 2 saturated carbocycles. The number of amides is 4. The number of piperidine rings is 2. The van der Waals surface area contributed by atoms with Crippen LogP contribution in [0.25, 0.3) is 32.9 Å². The Balaban J connectivity index is 0.659. The number of ether oxygens (including phenoxy) is 4. The molecule has 13 rings (SSSR count). The second kappa shape index (κ2) is 21.4. The van der Waals surface area contributed by atoms with Crippen molar-refractivity contribution < 1.29 is 42.5 Å². The molecule has 5 aromatic rings. The zero-order valence-corrected chi connectivity index (χ0v) is 49.1. The van der Waals surface area contributed by atoms with Crippen LogP contribution < -0.4 is 24.6 Å². The monoisotopic (exact) mass is 1130 g/mol. The SMILES string of the molecule is CCc1cccc2cc(OCOC)cc(-c3ncc4c(N5CC6CC[C@@H](C5)N6C(=O)OC(C)(C)C)nc(OCC5(CN6CCC7(CC6)CC(C)(CN6CCN(c8ccc9c(c8)CN(C8CCC(=O)NC8=O)C9=O)CC6)C7)CC5)nc4c3F)c12. The van der Waals surface area contributed by atoms with Gasteiger partial charge >= 0.3 is 12.1 Å². The lowest BCUT2D eigenvalue weighted by Crippen LogP contribution is -2.57. The van der Waals surface area contributed by atoms with E-state index in [2.05, 4.69) is 50.9 Å². The van der Waals surface area contributed by atoms with E-state index in [1.165, 1.54) is 25.7 Å². The highest BCUT2D eigenvalue weighted by atomic mass is 19.1. The zero-order valence-electron chi connectivity index (χ0n) is 49.1. The number of piperazine rings is 2. The second-order valence-corrected chi connectivity index (χ2v) is 26.8. The van der Waals surface area contributed by atoms with Crippen molar-refractivity contribution in [3.05, 3.63) is 77.2 Å². The highest BCUT2D eigenvalue weighted by molar-refractivity contribution is 6.06. The van der Waals surface area contributed by atoms with Crippen LogP contribution in [0.5, 0.6) is 11.8 Å². The van der Waals surface area contributed by atoms with Crippen molar-refractivity contribution in [3.8, 4) is 23.0 Å². The number of carbonyl (C=O) groups is 4. The molecule has 1 spiro atoms. The number of aryl methyl sites for hydroxylation is 1. The first kappa shape index (κ1) is 55.5. The number of imide groups is 1. The summed E-state index contributed by atoms with van der Waals surface area (Å²) in [7, 11) is 1.57. The summed E-state index contributed by atoms with van der Waals surface area (Å²) in [6, 6.07) is 15.3. The number of nitrogens with zero attached hydrogens (tertiary/aromatic N) is 9. The quantitative estimate of drug-likeness (QED) is 0.0778. The predicted molar refractivity (Wildman–Crippen MR) is 313 cm³/mol. The molecule has 3 atom stereocenters. The van der Waals surface area contributed by atoms with Crippen molar-refractivity contribution in [3.63, 3.8) is 0 Å². The van der Waals surface area contributed by atoms with Gasteiger partial charge < -0.3 is 38.5 Å². The molecule has 83 heavy (non-hydrogen) atoms. The Hall–Kier alpha value is -6.70. The third-order valence-corrected chi connectivity index (χ3v) is 19.4. The molecule has 4 amide bonds. The maximum atomic E-state index is 17.8. The fourth-order valence-electron chi connectivity index (χ4n) is 15.5. The summed E-state index contributed by atoms with van der Waals surface area (Å²) >= 11 is 0. The highest BCUT2D eigenvalue weighted by Gasteiger charge is 2.54. The molecule has 3 aromatic carbocycles. The number of hydrogen-bond acceptors (Lipinski definition) is 15. The largest absolute Gasteiger partial charge is 0.468 e. The summed E-state index contributed by atoms with van der Waals surface area (Å²) in [4.78, 5) is 79.5. The summed E-state index contributed by atoms with van der Waals surface area (Å²) in [5, 5.41) is 4.70. The Labute approximate surface area is 485 Å². The van der Waals surface area contributed by atoms with Gasteiger partial charge in [0.1, 0.15) is 34.4 Å². The Kier molecular flexibility index (Phi) is 14.3. The van der Waals surface area contributed by atoms with E-state index in [0.717, 1.165) is 112 Å². The van der Waals surface area contributed by atoms with Gasteiger partial charge in [0, 0.05) is 101 Å². The highest BCUT2D eigenvalue weighted by Crippen LogP contribution is 2.60. The van der Waals surface area contributed by atoms with Crippen LogP contribution in [-0.2, 0) is 32.0 Å². The van der Waals surface area contributed by atoms with Gasteiger partial charge in [-0.25, -0.2) is 9.18 Å². The predicted octanol–water partition coefficient (Wildman–Crippen LogP) is 8.74. The number of hydrogen-bond donors (Lipinski definition) is 1. The Morgan fingerprint density at radius 2 is 1.59 bits per heavy atom. The van der Waals surface area contributed by atoms with Gasteiger partial charge in [0.2, 0.25) is 11.8 Å². The molecule has 0 radical (unpaired) electrons. The minimum atomic E-state index is -0.620. The third-order valence-electron chi connectivity index (χ3n) is 19.4. The Bertz CT molecular complexity index is 3360. The summed E-state index contributed by atoms with van der Waals surface area (Å²) < 4.78 is 41.5. The molecule has 8 heterocycles. The van der Waals surface area contributed by atoms with Crippen molar-refractivity contribution >= 4 is 57.0 Å². The third kappa shape index (κ3) is 10.8. The van der Waals surface area contributed by atoms with E-state index in [-0.39, 0.29) is 77.2 Å². The zero-order chi connectivity index (χ0) is 57.6. The number of methoxy groups -OCH3 is 1. The molecule has 2 unspecified atom stereocenters. The van der Waals surface area contributed by atoms with Crippen LogP contribution in [0.4, 0.5) is 20.7 Å². The number of aromatic nitrogens is 3. The van der Waals surface area contributed by atoms with Crippen LogP contribution in [-0.4, -0.2) is 168 Å². The van der Waals surface area contributed by atoms with E-state index in [1.54, 1.807) is 18.2 Å². The first-order valence-corrected chi connectivity index (χ1v) is 30.3. The number of pyridine rings is 1. The van der Waals surface area contributed by atoms with Crippen molar-refractivity contribution in [2.45, 2.75) is 136 Å². The summed E-state index contributed by atoms with van der Waals surface area (Å²) in [5.74, 6) is -0.265. The first-order chi connectivity index (χ1) is 39.9. The molecule has 8 aliphatic rings. The maximum Gasteiger partial charge on any atom is 0.410 e. The average molecular weight is 1140 g/mol. The van der Waals surface area contributed by atoms with Gasteiger partial charge in [0.05, 0.1) is 24.1 Å². The number of halogens is 1. The molecular weight excluding hydrogens is 1060 g/mol. The lowest BCUT2D eigenvalue weighted by molar-refractivity contribution is -0.136. The molecule has 2 aromatic heterocycles. The molecule has 1 N–H and O–H groups in total. The number of anilines is 2. The van der Waals surface area contributed by atoms with Crippen LogP contribution in [0.2, 0.25) is 0 Å². The van der Waals surface area contributed by atoms with Gasteiger partial charge in [-0.05, 0) is 161 Å². The van der Waals surface area contributed by atoms with Crippen LogP contribution >= 0.6 is 0 Å². The van der Waals surface area contributed by atoms with Crippen LogP contribution in [0.1, 0.15) is 120 Å². The number of rotatable bonds is 15. The van der Waals surface area contributed by atoms with E-state index < -0.39 is 17.5 Å². The number of likely N-dealkylation sites (tertiary alicyclic amines) is 1. The summed E-state index contributed by atoms with van der Waals surface area (Å²) in [6.07, 6.45) is 11.4. The van der Waals surface area contributed by atoms with E-state index in [4.69, 9.17) is 33.9 Å². The molecule has 18 nitrogen and oxygen atoms in total.